The molecule has 8 heteroatoms. The molecule has 0 saturated heterocycles. The molecule has 1 unspecified atom stereocenters. The number of rotatable bonds is 6. The monoisotopic (exact) mass is 486 g/mol. The fraction of sp³-hybridized carbons (Fsp3) is 0.263. The molecule has 2 rings (SSSR count). The van der Waals surface area contributed by atoms with Crippen molar-refractivity contribution in [1.82, 2.24) is 10.6 Å². The summed E-state index contributed by atoms with van der Waals surface area (Å²) in [6.07, 6.45) is -0.197. The number of benzene rings is 2. The molecule has 0 aromatic heterocycles. The molecule has 2 aromatic rings. The number of ether oxygens (including phenoxy) is 1. The van der Waals surface area contributed by atoms with Gasteiger partial charge in [0.1, 0.15) is 23.5 Å². The summed E-state index contributed by atoms with van der Waals surface area (Å²) in [5, 5.41) is 15.0. The molecule has 2 aromatic carbocycles. The lowest BCUT2D eigenvalue weighted by atomic mass is 10.1. The summed E-state index contributed by atoms with van der Waals surface area (Å²) in [7, 11) is 1.60. The summed E-state index contributed by atoms with van der Waals surface area (Å²) in [5.41, 5.74) is 0.773. The van der Waals surface area contributed by atoms with Crippen LogP contribution in [0.2, 0.25) is 0 Å². The van der Waals surface area contributed by atoms with Gasteiger partial charge in [-0.05, 0) is 49.4 Å². The zero-order valence-corrected chi connectivity index (χ0v) is 17.3. The maximum Gasteiger partial charge on any atom is 0.191 e. The van der Waals surface area contributed by atoms with E-state index >= 15 is 0 Å². The Kier molecular flexibility index (Phi) is 9.50. The van der Waals surface area contributed by atoms with Crippen LogP contribution in [0.1, 0.15) is 18.1 Å². The summed E-state index contributed by atoms with van der Waals surface area (Å²) < 4.78 is 32.3. The van der Waals surface area contributed by atoms with Crippen LogP contribution in [0.4, 0.5) is 8.78 Å². The van der Waals surface area contributed by atoms with E-state index in [1.54, 1.807) is 19.2 Å². The van der Waals surface area contributed by atoms with Crippen LogP contribution in [0.15, 0.2) is 47.5 Å². The highest BCUT2D eigenvalue weighted by Crippen LogP contribution is 2.13. The highest BCUT2D eigenvalue weighted by atomic mass is 127. The first kappa shape index (κ1) is 22.6. The van der Waals surface area contributed by atoms with E-state index in [1.165, 1.54) is 30.3 Å². The summed E-state index contributed by atoms with van der Waals surface area (Å²) >= 11 is 0. The Morgan fingerprint density at radius 3 is 2.52 bits per heavy atom. The van der Waals surface area contributed by atoms with Crippen molar-refractivity contribution in [1.29, 1.82) is 5.26 Å². The number of guanidine groups is 1. The highest BCUT2D eigenvalue weighted by Gasteiger charge is 2.08. The number of hydrogen-bond acceptors (Lipinski definition) is 3. The van der Waals surface area contributed by atoms with E-state index in [2.05, 4.69) is 15.6 Å². The van der Waals surface area contributed by atoms with Gasteiger partial charge in [-0.1, -0.05) is 0 Å². The molecular weight excluding hydrogens is 465 g/mol. The van der Waals surface area contributed by atoms with E-state index in [4.69, 9.17) is 10.00 Å². The van der Waals surface area contributed by atoms with Gasteiger partial charge < -0.3 is 15.4 Å². The lowest BCUT2D eigenvalue weighted by molar-refractivity contribution is 0.223. The first-order chi connectivity index (χ1) is 12.5. The van der Waals surface area contributed by atoms with Gasteiger partial charge in [0.2, 0.25) is 0 Å². The second-order valence-corrected chi connectivity index (χ2v) is 5.61. The average molecular weight is 486 g/mol. The molecule has 0 saturated carbocycles. The molecule has 0 heterocycles. The van der Waals surface area contributed by atoms with E-state index in [1.807, 2.05) is 13.0 Å². The van der Waals surface area contributed by atoms with Gasteiger partial charge in [0.15, 0.2) is 5.96 Å². The first-order valence-electron chi connectivity index (χ1n) is 8.07. The van der Waals surface area contributed by atoms with Crippen molar-refractivity contribution >= 4 is 29.9 Å². The standard InChI is InChI=1S/C19H20F2N4O.HI/c1-13(26-17-6-4-16(20)5-7-17)11-24-19(23-2)25-12-15-9-14(10-22)3-8-18(15)21;/h3-9,13H,11-12H2,1-2H3,(H2,23,24,25);1H. The third-order valence-electron chi connectivity index (χ3n) is 3.55. The molecule has 0 bridgehead atoms. The Balaban J connectivity index is 0.00000364. The molecular formula is C19H21F2IN4O. The molecule has 5 nitrogen and oxygen atoms in total. The van der Waals surface area contributed by atoms with Crippen molar-refractivity contribution in [3.05, 3.63) is 65.2 Å². The van der Waals surface area contributed by atoms with E-state index in [0.29, 0.717) is 29.4 Å². The maximum atomic E-state index is 13.8. The van der Waals surface area contributed by atoms with Crippen LogP contribution in [0, 0.1) is 23.0 Å². The molecule has 0 radical (unpaired) electrons. The van der Waals surface area contributed by atoms with Gasteiger partial charge in [-0.3, -0.25) is 4.99 Å². The van der Waals surface area contributed by atoms with Crippen molar-refractivity contribution in [3.63, 3.8) is 0 Å². The minimum Gasteiger partial charge on any atom is -0.489 e. The quantitative estimate of drug-likeness (QED) is 0.372. The van der Waals surface area contributed by atoms with Gasteiger partial charge in [0, 0.05) is 19.2 Å². The van der Waals surface area contributed by atoms with Crippen LogP contribution in [-0.2, 0) is 6.54 Å². The average Bonchev–Trinajstić information content (AvgIpc) is 2.65. The molecule has 2 N–H and O–H groups in total. The van der Waals surface area contributed by atoms with Gasteiger partial charge >= 0.3 is 0 Å². The summed E-state index contributed by atoms with van der Waals surface area (Å²) in [6, 6.07) is 12.0. The van der Waals surface area contributed by atoms with E-state index in [-0.39, 0.29) is 48.3 Å². The van der Waals surface area contributed by atoms with E-state index in [0.717, 1.165) is 0 Å². The fourth-order valence-corrected chi connectivity index (χ4v) is 2.21. The van der Waals surface area contributed by atoms with Crippen LogP contribution in [0.3, 0.4) is 0 Å². The molecule has 0 aliphatic heterocycles. The second-order valence-electron chi connectivity index (χ2n) is 5.61. The third kappa shape index (κ3) is 7.38. The maximum absolute atomic E-state index is 13.8. The Labute approximate surface area is 174 Å². The largest absolute Gasteiger partial charge is 0.489 e. The Bertz CT molecular complexity index is 806. The normalized spacial score (nSPS) is 11.7. The van der Waals surface area contributed by atoms with Crippen molar-refractivity contribution < 1.29 is 13.5 Å². The van der Waals surface area contributed by atoms with Crippen molar-refractivity contribution in [2.24, 2.45) is 4.99 Å². The van der Waals surface area contributed by atoms with Gasteiger partial charge in [0.05, 0.1) is 18.2 Å². The zero-order chi connectivity index (χ0) is 18.9. The SMILES string of the molecule is CN=C(NCc1cc(C#N)ccc1F)NCC(C)Oc1ccc(F)cc1.I. The predicted molar refractivity (Wildman–Crippen MR) is 111 cm³/mol. The number of aliphatic imine (C=N–C) groups is 1. The van der Waals surface area contributed by atoms with Gasteiger partial charge in [-0.25, -0.2) is 8.78 Å². The van der Waals surface area contributed by atoms with Gasteiger partial charge in [0.25, 0.3) is 0 Å². The Hall–Kier alpha value is -2.41. The summed E-state index contributed by atoms with van der Waals surface area (Å²) in [5.74, 6) is 0.334. The number of halogens is 3. The Morgan fingerprint density at radius 2 is 1.89 bits per heavy atom. The van der Waals surface area contributed by atoms with E-state index < -0.39 is 0 Å². The molecule has 0 fully saturated rings. The number of nitrogens with one attached hydrogen (secondary N) is 2. The fourth-order valence-electron chi connectivity index (χ4n) is 2.21. The van der Waals surface area contributed by atoms with Gasteiger partial charge in [-0.15, -0.1) is 24.0 Å². The van der Waals surface area contributed by atoms with Crippen LogP contribution in [-0.4, -0.2) is 25.7 Å². The lowest BCUT2D eigenvalue weighted by Gasteiger charge is -2.18. The molecule has 144 valence electrons. The van der Waals surface area contributed by atoms with Crippen molar-refractivity contribution in [2.75, 3.05) is 13.6 Å². The smallest absolute Gasteiger partial charge is 0.191 e. The first-order valence-corrected chi connectivity index (χ1v) is 8.07. The van der Waals surface area contributed by atoms with Crippen molar-refractivity contribution in [2.45, 2.75) is 19.6 Å². The number of hydrogen-bond donors (Lipinski definition) is 2. The van der Waals surface area contributed by atoms with E-state index in [9.17, 15) is 8.78 Å². The second kappa shape index (κ2) is 11.3. The molecule has 1 atom stereocenters. The van der Waals surface area contributed by atoms with Gasteiger partial charge in [-0.2, -0.15) is 5.26 Å². The molecule has 0 amide bonds. The predicted octanol–water partition coefficient (Wildman–Crippen LogP) is 3.59. The Morgan fingerprint density at radius 1 is 1.19 bits per heavy atom. The summed E-state index contributed by atoms with van der Waals surface area (Å²) in [4.78, 5) is 4.07. The minimum absolute atomic E-state index is 0. The number of nitriles is 1. The van der Waals surface area contributed by atoms with Crippen LogP contribution in [0.25, 0.3) is 0 Å². The number of nitrogens with zero attached hydrogens (tertiary/aromatic N) is 2. The van der Waals surface area contributed by atoms with Crippen LogP contribution >= 0.6 is 24.0 Å². The third-order valence-corrected chi connectivity index (χ3v) is 3.55. The van der Waals surface area contributed by atoms with Crippen LogP contribution < -0.4 is 15.4 Å². The topological polar surface area (TPSA) is 69.4 Å². The molecule has 0 spiro atoms. The van der Waals surface area contributed by atoms with Crippen LogP contribution in [0.5, 0.6) is 5.75 Å². The molecule has 27 heavy (non-hydrogen) atoms. The van der Waals surface area contributed by atoms with Crippen molar-refractivity contribution in [3.8, 4) is 11.8 Å². The molecule has 0 aliphatic rings. The molecule has 0 aliphatic carbocycles. The highest BCUT2D eigenvalue weighted by molar-refractivity contribution is 14.0. The lowest BCUT2D eigenvalue weighted by Crippen LogP contribution is -2.41. The minimum atomic E-state index is -0.389. The zero-order valence-electron chi connectivity index (χ0n) is 15.0. The summed E-state index contributed by atoms with van der Waals surface area (Å²) in [6.45, 7) is 2.49.